The van der Waals surface area contributed by atoms with Crippen LogP contribution in [0.1, 0.15) is 4.88 Å². The van der Waals surface area contributed by atoms with E-state index in [4.69, 9.17) is 11.6 Å². The van der Waals surface area contributed by atoms with Gasteiger partial charge < -0.3 is 5.32 Å². The Hall–Kier alpha value is -0.650. The van der Waals surface area contributed by atoms with E-state index < -0.39 is 0 Å². The third-order valence-electron chi connectivity index (χ3n) is 1.91. The second-order valence-corrected chi connectivity index (χ2v) is 5.61. The van der Waals surface area contributed by atoms with E-state index in [2.05, 4.69) is 26.2 Å². The van der Waals surface area contributed by atoms with Crippen molar-refractivity contribution in [2.75, 3.05) is 5.32 Å². The second kappa shape index (κ2) is 5.12. The monoisotopic (exact) mass is 320 g/mol. The maximum absolute atomic E-state index is 13.2. The maximum Gasteiger partial charge on any atom is 0.183 e. The number of rotatable bonds is 3. The van der Waals surface area contributed by atoms with Gasteiger partial charge in [0, 0.05) is 16.8 Å². The molecule has 1 aromatic heterocycles. The Morgan fingerprint density at radius 1 is 1.50 bits per heavy atom. The van der Waals surface area contributed by atoms with Crippen molar-refractivity contribution in [1.82, 2.24) is 4.98 Å². The first-order valence-electron chi connectivity index (χ1n) is 4.44. The van der Waals surface area contributed by atoms with E-state index in [1.807, 2.05) is 0 Å². The minimum Gasteiger partial charge on any atom is -0.380 e. The van der Waals surface area contributed by atoms with Gasteiger partial charge in [0.25, 0.3) is 0 Å². The lowest BCUT2D eigenvalue weighted by Gasteiger charge is -2.04. The highest BCUT2D eigenvalue weighted by Gasteiger charge is 2.02. The van der Waals surface area contributed by atoms with Gasteiger partial charge in [0.15, 0.2) is 4.47 Å². The molecule has 0 aliphatic rings. The highest BCUT2D eigenvalue weighted by atomic mass is 79.9. The van der Waals surface area contributed by atoms with Crippen molar-refractivity contribution >= 4 is 44.6 Å². The van der Waals surface area contributed by atoms with Gasteiger partial charge in [-0.1, -0.05) is 11.6 Å². The van der Waals surface area contributed by atoms with Crippen molar-refractivity contribution in [3.05, 3.63) is 44.0 Å². The summed E-state index contributed by atoms with van der Waals surface area (Å²) < 4.78 is 14.2. The van der Waals surface area contributed by atoms with Crippen LogP contribution < -0.4 is 5.32 Å². The number of hydrogen-bond acceptors (Lipinski definition) is 3. The molecule has 0 atom stereocenters. The zero-order chi connectivity index (χ0) is 11.5. The number of benzene rings is 1. The molecular formula is C10H7BrClFN2S. The fraction of sp³-hybridized carbons (Fsp3) is 0.100. The normalized spacial score (nSPS) is 10.4. The molecule has 0 saturated heterocycles. The molecule has 6 heteroatoms. The van der Waals surface area contributed by atoms with E-state index in [1.165, 1.54) is 17.4 Å². The molecule has 0 spiro atoms. The van der Waals surface area contributed by atoms with Gasteiger partial charge in [-0.25, -0.2) is 9.37 Å². The van der Waals surface area contributed by atoms with E-state index >= 15 is 0 Å². The number of anilines is 1. The topological polar surface area (TPSA) is 24.9 Å². The number of hydrogen-bond donors (Lipinski definition) is 1. The van der Waals surface area contributed by atoms with Crippen LogP contribution >= 0.6 is 38.9 Å². The predicted molar refractivity (Wildman–Crippen MR) is 68.6 cm³/mol. The van der Waals surface area contributed by atoms with Gasteiger partial charge in [-0.2, -0.15) is 0 Å². The summed E-state index contributed by atoms with van der Waals surface area (Å²) in [5.41, 5.74) is 0.727. The van der Waals surface area contributed by atoms with E-state index in [-0.39, 0.29) is 5.82 Å². The van der Waals surface area contributed by atoms with Crippen LogP contribution in [-0.4, -0.2) is 4.98 Å². The van der Waals surface area contributed by atoms with Crippen LogP contribution in [0.15, 0.2) is 28.9 Å². The molecule has 1 N–H and O–H groups in total. The van der Waals surface area contributed by atoms with Crippen LogP contribution in [0, 0.1) is 5.82 Å². The number of thiazole rings is 1. The van der Waals surface area contributed by atoms with E-state index in [0.29, 0.717) is 15.5 Å². The summed E-state index contributed by atoms with van der Waals surface area (Å²) in [6.07, 6.45) is 1.70. The Balaban J connectivity index is 2.02. The number of halogens is 3. The quantitative estimate of drug-likeness (QED) is 0.911. The van der Waals surface area contributed by atoms with Gasteiger partial charge >= 0.3 is 0 Å². The molecule has 0 saturated carbocycles. The number of nitrogens with one attached hydrogen (secondary N) is 1. The lowest BCUT2D eigenvalue weighted by molar-refractivity contribution is 0.621. The molecule has 0 aliphatic heterocycles. The lowest BCUT2D eigenvalue weighted by Crippen LogP contribution is -1.97. The first kappa shape index (κ1) is 11.8. The summed E-state index contributed by atoms with van der Waals surface area (Å²) in [4.78, 5) is 4.93. The molecule has 0 amide bonds. The molecule has 0 fully saturated rings. The maximum atomic E-state index is 13.2. The fourth-order valence-corrected chi connectivity index (χ4v) is 2.32. The van der Waals surface area contributed by atoms with E-state index in [0.717, 1.165) is 10.6 Å². The molecule has 1 heterocycles. The average Bonchev–Trinajstić information content (AvgIpc) is 2.66. The van der Waals surface area contributed by atoms with Gasteiger partial charge in [0.05, 0.1) is 11.0 Å². The summed E-state index contributed by atoms with van der Waals surface area (Å²) in [6, 6.07) is 4.90. The molecule has 2 nitrogen and oxygen atoms in total. The lowest BCUT2D eigenvalue weighted by atomic mass is 10.3. The van der Waals surface area contributed by atoms with Crippen molar-refractivity contribution < 1.29 is 4.39 Å². The number of aromatic nitrogens is 1. The SMILES string of the molecule is Fc1cc(NCc2cnc(Cl)s2)ccc1Br. The Bertz CT molecular complexity index is 503. The third kappa shape index (κ3) is 2.93. The largest absolute Gasteiger partial charge is 0.380 e. The minimum atomic E-state index is -0.285. The molecule has 0 aliphatic carbocycles. The van der Waals surface area contributed by atoms with Crippen LogP contribution in [0.2, 0.25) is 4.47 Å². The van der Waals surface area contributed by atoms with Crippen molar-refractivity contribution in [1.29, 1.82) is 0 Å². The van der Waals surface area contributed by atoms with Crippen LogP contribution in [0.3, 0.4) is 0 Å². The standard InChI is InChI=1S/C10H7BrClFN2S/c11-8-2-1-6(3-9(8)13)14-4-7-5-15-10(12)16-7/h1-3,5,14H,4H2. The summed E-state index contributed by atoms with van der Waals surface area (Å²) in [7, 11) is 0. The summed E-state index contributed by atoms with van der Waals surface area (Å²) in [5.74, 6) is -0.285. The predicted octanol–water partition coefficient (Wildman–Crippen LogP) is 4.31. The van der Waals surface area contributed by atoms with Gasteiger partial charge in [0.2, 0.25) is 0 Å². The molecule has 2 aromatic rings. The molecule has 2 rings (SSSR count). The zero-order valence-corrected chi connectivity index (χ0v) is 11.2. The van der Waals surface area contributed by atoms with Crippen molar-refractivity contribution in [3.63, 3.8) is 0 Å². The molecule has 0 radical (unpaired) electrons. The van der Waals surface area contributed by atoms with E-state index in [1.54, 1.807) is 18.3 Å². The van der Waals surface area contributed by atoms with Crippen LogP contribution in [0.25, 0.3) is 0 Å². The van der Waals surface area contributed by atoms with Crippen molar-refractivity contribution in [2.45, 2.75) is 6.54 Å². The van der Waals surface area contributed by atoms with Crippen molar-refractivity contribution in [2.24, 2.45) is 0 Å². The Labute approximate surface area is 110 Å². The molecular weight excluding hydrogens is 315 g/mol. The molecule has 0 unspecified atom stereocenters. The van der Waals surface area contributed by atoms with Crippen molar-refractivity contribution in [3.8, 4) is 0 Å². The Morgan fingerprint density at radius 3 is 2.94 bits per heavy atom. The van der Waals surface area contributed by atoms with Gasteiger partial charge in [-0.3, -0.25) is 0 Å². The van der Waals surface area contributed by atoms with Gasteiger partial charge in [-0.15, -0.1) is 11.3 Å². The zero-order valence-electron chi connectivity index (χ0n) is 8.01. The van der Waals surface area contributed by atoms with Crippen LogP contribution in [-0.2, 0) is 6.54 Å². The summed E-state index contributed by atoms with van der Waals surface area (Å²) in [5, 5.41) is 3.09. The molecule has 84 valence electrons. The number of nitrogens with zero attached hydrogens (tertiary/aromatic N) is 1. The molecule has 16 heavy (non-hydrogen) atoms. The van der Waals surface area contributed by atoms with E-state index in [9.17, 15) is 4.39 Å². The van der Waals surface area contributed by atoms with Gasteiger partial charge in [-0.05, 0) is 34.1 Å². The summed E-state index contributed by atoms with van der Waals surface area (Å²) in [6.45, 7) is 0.589. The Morgan fingerprint density at radius 2 is 2.31 bits per heavy atom. The highest BCUT2D eigenvalue weighted by Crippen LogP contribution is 2.22. The molecule has 0 bridgehead atoms. The second-order valence-electron chi connectivity index (χ2n) is 3.06. The third-order valence-corrected chi connectivity index (χ3v) is 3.67. The first-order chi connectivity index (χ1) is 7.65. The fourth-order valence-electron chi connectivity index (χ4n) is 1.16. The summed E-state index contributed by atoms with van der Waals surface area (Å²) >= 11 is 10.2. The molecule has 1 aromatic carbocycles. The van der Waals surface area contributed by atoms with Gasteiger partial charge in [0.1, 0.15) is 5.82 Å². The Kier molecular flexibility index (Phi) is 3.78. The average molecular weight is 322 g/mol. The minimum absolute atomic E-state index is 0.285. The van der Waals surface area contributed by atoms with Crippen LogP contribution in [0.4, 0.5) is 10.1 Å². The first-order valence-corrected chi connectivity index (χ1v) is 6.43. The highest BCUT2D eigenvalue weighted by molar-refractivity contribution is 9.10. The van der Waals surface area contributed by atoms with Crippen LogP contribution in [0.5, 0.6) is 0 Å². The smallest absolute Gasteiger partial charge is 0.183 e.